The lowest BCUT2D eigenvalue weighted by molar-refractivity contribution is 0.0512. The van der Waals surface area contributed by atoms with Crippen LogP contribution in [0.5, 0.6) is 11.8 Å². The summed E-state index contributed by atoms with van der Waals surface area (Å²) in [5.74, 6) is 5.52. The third-order valence-electron chi connectivity index (χ3n) is 12.6. The van der Waals surface area contributed by atoms with Crippen LogP contribution in [0, 0.1) is 34.5 Å². The fraction of sp³-hybridized carbons (Fsp3) is 0.545. The minimum absolute atomic E-state index is 0.0230. The summed E-state index contributed by atoms with van der Waals surface area (Å²) in [5.41, 5.74) is 6.84. The van der Waals surface area contributed by atoms with E-state index < -0.39 is 29.4 Å². The molecule has 3 aliphatic rings. The predicted molar refractivity (Wildman–Crippen MR) is 224 cm³/mol. The first-order valence-electron chi connectivity index (χ1n) is 20.1. The molecule has 9 nitrogen and oxygen atoms in total. The average molecular weight is 802 g/mol. The molecule has 1 saturated heterocycles. The summed E-state index contributed by atoms with van der Waals surface area (Å²) < 4.78 is 63.8. The molecule has 300 valence electrons. The van der Waals surface area contributed by atoms with Gasteiger partial charge in [0, 0.05) is 47.5 Å². The molecule has 1 aromatic heterocycles. The van der Waals surface area contributed by atoms with Crippen molar-refractivity contribution < 1.29 is 31.2 Å². The zero-order chi connectivity index (χ0) is 40.0. The number of piperidine rings is 1. The van der Waals surface area contributed by atoms with Gasteiger partial charge in [0.05, 0.1) is 19.5 Å². The topological polar surface area (TPSA) is 100 Å². The Bertz CT molecular complexity index is 2250. The van der Waals surface area contributed by atoms with Gasteiger partial charge < -0.3 is 19.1 Å². The van der Waals surface area contributed by atoms with Crippen LogP contribution in [0.2, 0.25) is 16.6 Å². The van der Waals surface area contributed by atoms with Gasteiger partial charge in [-0.05, 0) is 95.8 Å². The molecule has 56 heavy (non-hydrogen) atoms. The Morgan fingerprint density at radius 1 is 0.929 bits per heavy atom. The van der Waals surface area contributed by atoms with Crippen molar-refractivity contribution in [2.24, 2.45) is 17.3 Å². The number of ether oxygens (including phenoxy) is 3. The Labute approximate surface area is 332 Å². The number of fused-ring (bicyclic) bond motifs is 4. The molecule has 0 amide bonds. The van der Waals surface area contributed by atoms with E-state index in [1.54, 1.807) is 7.11 Å². The first-order chi connectivity index (χ1) is 26.6. The maximum atomic E-state index is 17.6. The summed E-state index contributed by atoms with van der Waals surface area (Å²) in [6.07, 6.45) is 6.13. The molecular formula is C44H56FN3O6SSi. The van der Waals surface area contributed by atoms with E-state index in [4.69, 9.17) is 28.4 Å². The summed E-state index contributed by atoms with van der Waals surface area (Å²) in [7, 11) is -4.12. The average Bonchev–Trinajstić information content (AvgIpc) is 3.86. The van der Waals surface area contributed by atoms with Gasteiger partial charge in [0.1, 0.15) is 25.2 Å². The molecule has 2 saturated carbocycles. The molecule has 0 spiro atoms. The van der Waals surface area contributed by atoms with Gasteiger partial charge in [-0.1, -0.05) is 65.7 Å². The summed E-state index contributed by atoms with van der Waals surface area (Å²) in [4.78, 5) is 11.9. The number of rotatable bonds is 14. The SMILES string of the molecule is COCOc1cc(-c2ccc3c(N4CC5CCC(C5)C4)nc(OCC4(COS(C)(=O)=O)CC4)nc3c2F)c2c(C#C[Si](C(C)C)(C(C)C)C(C)C)cccc2c1. The highest BCUT2D eigenvalue weighted by Gasteiger charge is 2.45. The second-order valence-electron chi connectivity index (χ2n) is 17.4. The number of methoxy groups -OCH3 is 1. The molecule has 2 bridgehead atoms. The number of anilines is 1. The highest BCUT2D eigenvalue weighted by atomic mass is 32.2. The largest absolute Gasteiger partial charge is 0.468 e. The number of benzene rings is 3. The van der Waals surface area contributed by atoms with E-state index in [0.717, 1.165) is 48.5 Å². The molecule has 0 N–H and O–H groups in total. The number of halogens is 1. The quantitative estimate of drug-likeness (QED) is 0.0535. The van der Waals surface area contributed by atoms with Crippen LogP contribution in [0.15, 0.2) is 42.5 Å². The van der Waals surface area contributed by atoms with Gasteiger partial charge in [-0.25, -0.2) is 4.39 Å². The molecule has 0 radical (unpaired) electrons. The Morgan fingerprint density at radius 3 is 2.25 bits per heavy atom. The van der Waals surface area contributed by atoms with E-state index in [0.29, 0.717) is 56.5 Å². The Morgan fingerprint density at radius 2 is 1.62 bits per heavy atom. The molecule has 1 aliphatic heterocycles. The third-order valence-corrected chi connectivity index (χ3v) is 19.4. The van der Waals surface area contributed by atoms with Crippen molar-refractivity contribution in [1.29, 1.82) is 0 Å². The van der Waals surface area contributed by atoms with E-state index >= 15 is 4.39 Å². The van der Waals surface area contributed by atoms with Crippen molar-refractivity contribution in [1.82, 2.24) is 9.97 Å². The van der Waals surface area contributed by atoms with Gasteiger partial charge in [0.25, 0.3) is 10.1 Å². The van der Waals surface area contributed by atoms with Crippen molar-refractivity contribution >= 4 is 45.7 Å². The molecular weight excluding hydrogens is 746 g/mol. The first kappa shape index (κ1) is 40.4. The molecule has 2 heterocycles. The molecule has 7 rings (SSSR count). The zero-order valence-electron chi connectivity index (χ0n) is 34.1. The lowest BCUT2D eigenvalue weighted by Crippen LogP contribution is -2.43. The summed E-state index contributed by atoms with van der Waals surface area (Å²) in [5, 5.41) is 2.36. The number of nitrogens with zero attached hydrogens (tertiary/aromatic N) is 3. The van der Waals surface area contributed by atoms with Crippen molar-refractivity contribution in [3.05, 3.63) is 53.8 Å². The predicted octanol–water partition coefficient (Wildman–Crippen LogP) is 9.51. The summed E-state index contributed by atoms with van der Waals surface area (Å²) in [6, 6.07) is 13.7. The molecule has 2 unspecified atom stereocenters. The minimum atomic E-state index is -3.61. The summed E-state index contributed by atoms with van der Waals surface area (Å²) >= 11 is 0. The van der Waals surface area contributed by atoms with Gasteiger partial charge in [0.2, 0.25) is 0 Å². The van der Waals surface area contributed by atoms with Crippen molar-refractivity contribution in [2.75, 3.05) is 51.4 Å². The molecule has 3 fully saturated rings. The second kappa shape index (κ2) is 15.9. The summed E-state index contributed by atoms with van der Waals surface area (Å²) in [6.45, 7) is 15.7. The number of hydrogen-bond acceptors (Lipinski definition) is 9. The first-order valence-corrected chi connectivity index (χ1v) is 24.1. The van der Waals surface area contributed by atoms with Crippen LogP contribution in [0.1, 0.15) is 79.2 Å². The molecule has 3 aromatic carbocycles. The highest BCUT2D eigenvalue weighted by Crippen LogP contribution is 2.47. The van der Waals surface area contributed by atoms with Gasteiger partial charge in [-0.2, -0.15) is 18.4 Å². The lowest BCUT2D eigenvalue weighted by atomic mass is 9.93. The maximum Gasteiger partial charge on any atom is 0.319 e. The standard InChI is InChI=1S/C44H56FN3O6SSi/c1-28(2)56(29(3)4,30(5)6)19-16-33-10-9-11-34-21-35(53-27-51-7)22-38(39(33)34)36-14-15-37-41(40(36)45)46-43(52-25-44(17-18-44)26-54-55(8,49)50)47-42(37)48-23-31-12-13-32(20-31)24-48/h9-11,14-15,21-22,28-32H,12-13,17-18,20,23-27H2,1-8H3. The van der Waals surface area contributed by atoms with Gasteiger partial charge in [-0.15, -0.1) is 5.54 Å². The van der Waals surface area contributed by atoms with Crippen LogP contribution in [0.4, 0.5) is 10.2 Å². The van der Waals surface area contributed by atoms with E-state index in [9.17, 15) is 8.42 Å². The van der Waals surface area contributed by atoms with Crippen molar-refractivity contribution in [2.45, 2.75) is 90.3 Å². The Balaban J connectivity index is 1.39. The molecule has 12 heteroatoms. The van der Waals surface area contributed by atoms with Crippen LogP contribution < -0.4 is 14.4 Å². The maximum absolute atomic E-state index is 17.6. The zero-order valence-corrected chi connectivity index (χ0v) is 35.9. The van der Waals surface area contributed by atoms with Crippen molar-refractivity contribution in [3.63, 3.8) is 0 Å². The minimum Gasteiger partial charge on any atom is -0.468 e. The van der Waals surface area contributed by atoms with E-state index in [1.165, 1.54) is 19.3 Å². The van der Waals surface area contributed by atoms with Crippen molar-refractivity contribution in [3.8, 4) is 34.4 Å². The van der Waals surface area contributed by atoms with Gasteiger partial charge in [-0.3, -0.25) is 4.18 Å². The smallest absolute Gasteiger partial charge is 0.319 e. The van der Waals surface area contributed by atoms with Crippen LogP contribution in [-0.4, -0.2) is 72.9 Å². The second-order valence-corrected chi connectivity index (χ2v) is 24.7. The fourth-order valence-corrected chi connectivity index (χ4v) is 15.2. The Kier molecular flexibility index (Phi) is 11.5. The van der Waals surface area contributed by atoms with Crippen LogP contribution in [-0.2, 0) is 19.0 Å². The van der Waals surface area contributed by atoms with Crippen LogP contribution in [0.3, 0.4) is 0 Å². The fourth-order valence-electron chi connectivity index (χ4n) is 9.51. The van der Waals surface area contributed by atoms with E-state index in [2.05, 4.69) is 57.9 Å². The Hall–Kier alpha value is -3.76. The third kappa shape index (κ3) is 8.15. The molecule has 2 atom stereocenters. The van der Waals surface area contributed by atoms with Crippen LogP contribution >= 0.6 is 0 Å². The lowest BCUT2D eigenvalue weighted by Gasteiger charge is -2.38. The van der Waals surface area contributed by atoms with Gasteiger partial charge in [0.15, 0.2) is 12.6 Å². The van der Waals surface area contributed by atoms with E-state index in [-0.39, 0.29) is 31.5 Å². The van der Waals surface area contributed by atoms with Crippen LogP contribution in [0.25, 0.3) is 32.8 Å². The highest BCUT2D eigenvalue weighted by molar-refractivity contribution is 7.86. The normalized spacial score (nSPS) is 19.2. The molecule has 4 aromatic rings. The van der Waals surface area contributed by atoms with Gasteiger partial charge >= 0.3 is 6.01 Å². The number of aromatic nitrogens is 2. The monoisotopic (exact) mass is 801 g/mol. The molecule has 2 aliphatic carbocycles. The number of hydrogen-bond donors (Lipinski definition) is 0. The van der Waals surface area contributed by atoms with E-state index in [1.807, 2.05) is 42.5 Å².